The number of ether oxygens (including phenoxy) is 2. The second-order valence-corrected chi connectivity index (χ2v) is 8.51. The van der Waals surface area contributed by atoms with Crippen LogP contribution in [-0.2, 0) is 22.7 Å². The molecule has 0 spiro atoms. The molecule has 36 heavy (non-hydrogen) atoms. The van der Waals surface area contributed by atoms with E-state index in [2.05, 4.69) is 15.0 Å². The summed E-state index contributed by atoms with van der Waals surface area (Å²) in [6.07, 6.45) is 12.9. The lowest BCUT2D eigenvalue weighted by Gasteiger charge is -2.09. The van der Waals surface area contributed by atoms with E-state index in [1.54, 1.807) is 18.4 Å². The van der Waals surface area contributed by atoms with Gasteiger partial charge in [-0.05, 0) is 62.6 Å². The molecule has 0 atom stereocenters. The molecule has 3 aliphatic rings. The number of nitrogens with two attached hydrogens (primary N) is 1. The Kier molecular flexibility index (Phi) is 8.85. The van der Waals surface area contributed by atoms with Crippen LogP contribution in [0.4, 0.5) is 8.78 Å². The van der Waals surface area contributed by atoms with Crippen molar-refractivity contribution in [2.75, 3.05) is 13.2 Å². The Bertz CT molecular complexity index is 1290. The van der Waals surface area contributed by atoms with Crippen LogP contribution in [0.5, 0.6) is 0 Å². The minimum absolute atomic E-state index is 0.0368. The smallest absolute Gasteiger partial charge is 0.265 e. The molecule has 1 aromatic carbocycles. The maximum absolute atomic E-state index is 14.0. The van der Waals surface area contributed by atoms with Crippen molar-refractivity contribution in [2.24, 2.45) is 10.7 Å². The van der Waals surface area contributed by atoms with E-state index in [1.807, 2.05) is 0 Å². The maximum Gasteiger partial charge on any atom is 0.265 e. The molecule has 1 saturated carbocycles. The standard InChI is InChI=1S/C15H9F2N3O2.C6H10N2.C5H10O/c16-8-1-2-9(11(17)5-8)14-18-4-3-13-19-12-7-22-6-10(12)15(21)20(13)14;7-4-1-5-8-6-2-3-6;1-2-4-6-5-3-1/h1-5H,6-7H2;1,4-6H,2-3,7H2;1-5H2/b;4-1-,8-5?;. The van der Waals surface area contributed by atoms with Gasteiger partial charge in [0.1, 0.15) is 17.3 Å². The lowest BCUT2D eigenvalue weighted by Crippen LogP contribution is -2.22. The molecule has 0 radical (unpaired) electrons. The highest BCUT2D eigenvalue weighted by Crippen LogP contribution is 2.23. The third kappa shape index (κ3) is 6.58. The van der Waals surface area contributed by atoms with E-state index < -0.39 is 11.6 Å². The minimum atomic E-state index is -0.788. The predicted octanol–water partition coefficient (Wildman–Crippen LogP) is 3.94. The van der Waals surface area contributed by atoms with Gasteiger partial charge in [0.15, 0.2) is 5.82 Å². The van der Waals surface area contributed by atoms with Crippen LogP contribution in [0.3, 0.4) is 0 Å². The van der Waals surface area contributed by atoms with Crippen molar-refractivity contribution in [3.05, 3.63) is 76.0 Å². The summed E-state index contributed by atoms with van der Waals surface area (Å²) in [5, 5.41) is 0. The molecule has 4 heterocycles. The van der Waals surface area contributed by atoms with Gasteiger partial charge < -0.3 is 15.2 Å². The Labute approximate surface area is 207 Å². The first-order valence-corrected chi connectivity index (χ1v) is 12.0. The zero-order valence-corrected chi connectivity index (χ0v) is 19.9. The fourth-order valence-corrected chi connectivity index (χ4v) is 3.67. The maximum atomic E-state index is 14.0. The molecule has 8 nitrogen and oxygen atoms in total. The van der Waals surface area contributed by atoms with Gasteiger partial charge in [-0.25, -0.2) is 23.1 Å². The Morgan fingerprint density at radius 3 is 2.53 bits per heavy atom. The number of fused-ring (bicyclic) bond motifs is 2. The second-order valence-electron chi connectivity index (χ2n) is 8.51. The molecule has 2 fully saturated rings. The van der Waals surface area contributed by atoms with E-state index >= 15 is 0 Å². The summed E-state index contributed by atoms with van der Waals surface area (Å²) < 4.78 is 38.6. The third-order valence-corrected chi connectivity index (χ3v) is 5.70. The van der Waals surface area contributed by atoms with E-state index in [-0.39, 0.29) is 30.2 Å². The SMILES string of the molecule is C1CCOCC1.N/C=C\C=NC1CC1.O=c1c2c(nc3ccnc(-c4ccc(F)cc4F)n13)COC2. The van der Waals surface area contributed by atoms with Crippen LogP contribution < -0.4 is 11.3 Å². The molecule has 0 amide bonds. The van der Waals surface area contributed by atoms with Crippen LogP contribution in [0, 0.1) is 11.6 Å². The molecular formula is C26H29F2N5O3. The molecule has 10 heteroatoms. The van der Waals surface area contributed by atoms with Crippen LogP contribution in [0.1, 0.15) is 43.4 Å². The van der Waals surface area contributed by atoms with E-state index in [9.17, 15) is 13.6 Å². The largest absolute Gasteiger partial charge is 0.405 e. The average molecular weight is 498 g/mol. The number of allylic oxidation sites excluding steroid dienone is 1. The first-order chi connectivity index (χ1) is 17.6. The normalized spacial score (nSPS) is 16.9. The molecule has 0 bridgehead atoms. The molecule has 190 valence electrons. The Balaban J connectivity index is 0.000000177. The van der Waals surface area contributed by atoms with Crippen molar-refractivity contribution >= 4 is 11.9 Å². The van der Waals surface area contributed by atoms with Gasteiger partial charge in [-0.3, -0.25) is 9.79 Å². The van der Waals surface area contributed by atoms with E-state index in [0.717, 1.165) is 25.3 Å². The molecule has 2 N–H and O–H groups in total. The summed E-state index contributed by atoms with van der Waals surface area (Å²) >= 11 is 0. The van der Waals surface area contributed by atoms with Crippen molar-refractivity contribution in [3.63, 3.8) is 0 Å². The number of benzene rings is 1. The van der Waals surface area contributed by atoms with Gasteiger partial charge in [0.25, 0.3) is 5.56 Å². The zero-order chi connectivity index (χ0) is 25.3. The van der Waals surface area contributed by atoms with Crippen LogP contribution in [-0.4, -0.2) is 39.8 Å². The quantitative estimate of drug-likeness (QED) is 0.550. The molecule has 1 saturated heterocycles. The van der Waals surface area contributed by atoms with Crippen molar-refractivity contribution < 1.29 is 18.3 Å². The Morgan fingerprint density at radius 1 is 1.08 bits per heavy atom. The summed E-state index contributed by atoms with van der Waals surface area (Å²) in [4.78, 5) is 25.2. The van der Waals surface area contributed by atoms with Gasteiger partial charge in [-0.2, -0.15) is 0 Å². The van der Waals surface area contributed by atoms with Crippen LogP contribution >= 0.6 is 0 Å². The van der Waals surface area contributed by atoms with Crippen molar-refractivity contribution in [3.8, 4) is 11.4 Å². The summed E-state index contributed by atoms with van der Waals surface area (Å²) in [5.41, 5.74) is 6.13. The third-order valence-electron chi connectivity index (χ3n) is 5.70. The summed E-state index contributed by atoms with van der Waals surface area (Å²) in [6.45, 7) is 2.45. The van der Waals surface area contributed by atoms with Crippen LogP contribution in [0.25, 0.3) is 17.0 Å². The second kappa shape index (κ2) is 12.5. The van der Waals surface area contributed by atoms with Gasteiger partial charge >= 0.3 is 0 Å². The van der Waals surface area contributed by atoms with Crippen molar-refractivity contribution in [2.45, 2.75) is 51.4 Å². The fourth-order valence-electron chi connectivity index (χ4n) is 3.67. The summed E-state index contributed by atoms with van der Waals surface area (Å²) in [7, 11) is 0. The molecule has 3 aromatic rings. The van der Waals surface area contributed by atoms with E-state index in [1.165, 1.54) is 55.0 Å². The van der Waals surface area contributed by atoms with Crippen LogP contribution in [0.15, 0.2) is 52.5 Å². The number of aliphatic imine (C=N–C) groups is 1. The number of hydrogen-bond acceptors (Lipinski definition) is 7. The van der Waals surface area contributed by atoms with Crippen molar-refractivity contribution in [1.29, 1.82) is 0 Å². The number of rotatable bonds is 3. The average Bonchev–Trinajstić information content (AvgIpc) is 3.60. The number of nitrogens with zero attached hydrogens (tertiary/aromatic N) is 4. The lowest BCUT2D eigenvalue weighted by atomic mass is 10.2. The lowest BCUT2D eigenvalue weighted by molar-refractivity contribution is 0.0968. The highest BCUT2D eigenvalue weighted by atomic mass is 19.1. The number of hydrogen-bond donors (Lipinski definition) is 1. The zero-order valence-electron chi connectivity index (χ0n) is 19.9. The number of halogens is 2. The molecule has 2 aromatic heterocycles. The first-order valence-electron chi connectivity index (χ1n) is 12.0. The molecule has 0 unspecified atom stereocenters. The first kappa shape index (κ1) is 25.6. The van der Waals surface area contributed by atoms with Crippen LogP contribution in [0.2, 0.25) is 0 Å². The predicted molar refractivity (Wildman–Crippen MR) is 133 cm³/mol. The van der Waals surface area contributed by atoms with Crippen molar-refractivity contribution in [1.82, 2.24) is 14.4 Å². The van der Waals surface area contributed by atoms with Gasteiger partial charge in [0, 0.05) is 31.7 Å². The topological polar surface area (TPSA) is 104 Å². The van der Waals surface area contributed by atoms with Gasteiger partial charge in [-0.1, -0.05) is 0 Å². The van der Waals surface area contributed by atoms with E-state index in [0.29, 0.717) is 22.9 Å². The molecule has 2 aliphatic heterocycles. The highest BCUT2D eigenvalue weighted by molar-refractivity contribution is 5.71. The monoisotopic (exact) mass is 497 g/mol. The van der Waals surface area contributed by atoms with Gasteiger partial charge in [0.05, 0.1) is 36.1 Å². The minimum Gasteiger partial charge on any atom is -0.405 e. The highest BCUT2D eigenvalue weighted by Gasteiger charge is 2.21. The molecule has 6 rings (SSSR count). The number of aromatic nitrogens is 3. The summed E-state index contributed by atoms with van der Waals surface area (Å²) in [6, 6.07) is 5.30. The van der Waals surface area contributed by atoms with Gasteiger partial charge in [0.2, 0.25) is 0 Å². The Morgan fingerprint density at radius 2 is 1.89 bits per heavy atom. The molecular weight excluding hydrogens is 468 g/mol. The van der Waals surface area contributed by atoms with Gasteiger partial charge in [-0.15, -0.1) is 0 Å². The fraction of sp³-hybridized carbons (Fsp3) is 0.385. The summed E-state index contributed by atoms with van der Waals surface area (Å²) in [5.74, 6) is -1.40. The Hall–Kier alpha value is -3.50. The van der Waals surface area contributed by atoms with E-state index in [4.69, 9.17) is 15.2 Å². The molecule has 1 aliphatic carbocycles.